The van der Waals surface area contributed by atoms with Crippen molar-refractivity contribution >= 4 is 29.1 Å². The number of carbonyl (C=O) groups excluding carboxylic acids is 3. The molecule has 0 bridgehead atoms. The molecular weight excluding hydrogens is 424 g/mol. The fourth-order valence-corrected chi connectivity index (χ4v) is 3.26. The summed E-state index contributed by atoms with van der Waals surface area (Å²) < 4.78 is 8.25. The molecule has 1 aromatic carbocycles. The Bertz CT molecular complexity index is 1330. The van der Waals surface area contributed by atoms with Crippen LogP contribution in [0.3, 0.4) is 0 Å². The van der Waals surface area contributed by atoms with Crippen molar-refractivity contribution in [2.24, 2.45) is 4.99 Å². The smallest absolute Gasteiger partial charge is 0.421 e. The standard InChI is InChI=1S/C23H28N6O4/c1-13-8-9-15(20(30)24-6)10-17(13)27-19-18-14(2)16(21(31)25-7)11-29(18)26-12-28(19)22(32)33-23(3,4)5/h8-12H,1-7H3,(H,24,30)(H,25,31)/b27-19-. The Kier molecular flexibility index (Phi) is 6.39. The number of aryl methyl sites for hydroxylation is 2. The van der Waals surface area contributed by atoms with E-state index in [9.17, 15) is 14.4 Å². The summed E-state index contributed by atoms with van der Waals surface area (Å²) in [4.78, 5) is 42.3. The van der Waals surface area contributed by atoms with Crippen LogP contribution in [0.25, 0.3) is 5.52 Å². The summed E-state index contributed by atoms with van der Waals surface area (Å²) in [6, 6.07) is 5.12. The highest BCUT2D eigenvalue weighted by Crippen LogP contribution is 2.21. The number of fused-ring (bicyclic) bond motifs is 1. The molecule has 0 saturated carbocycles. The van der Waals surface area contributed by atoms with E-state index in [1.54, 1.807) is 59.1 Å². The van der Waals surface area contributed by atoms with Crippen LogP contribution >= 0.6 is 0 Å². The maximum absolute atomic E-state index is 13.0. The topological polar surface area (TPSA) is 119 Å². The molecular formula is C23H28N6O4. The molecule has 10 nitrogen and oxygen atoms in total. The lowest BCUT2D eigenvalue weighted by Gasteiger charge is -2.20. The van der Waals surface area contributed by atoms with Crippen LogP contribution < -0.4 is 16.1 Å². The van der Waals surface area contributed by atoms with Crippen LogP contribution in [-0.4, -0.2) is 51.8 Å². The molecule has 2 N–H and O–H groups in total. The summed E-state index contributed by atoms with van der Waals surface area (Å²) >= 11 is 0. The van der Waals surface area contributed by atoms with Crippen molar-refractivity contribution in [3.05, 3.63) is 58.5 Å². The summed E-state index contributed by atoms with van der Waals surface area (Å²) in [5, 5.41) is 9.48. The average molecular weight is 453 g/mol. The van der Waals surface area contributed by atoms with Crippen LogP contribution in [0.2, 0.25) is 0 Å². The number of hydrogen-bond donors (Lipinski definition) is 2. The molecule has 0 saturated heterocycles. The maximum Gasteiger partial charge on any atom is 0.421 e. The number of benzene rings is 1. The minimum atomic E-state index is -0.743. The van der Waals surface area contributed by atoms with E-state index in [4.69, 9.17) is 9.73 Å². The molecule has 3 aromatic rings. The number of rotatable bonds is 3. The SMILES string of the molecule is CNC(=O)c1ccc(C)c(/N=c2/c3c(C)c(C(=O)NC)cn3ncn2C(=O)OC(C)(C)C)c1. The van der Waals surface area contributed by atoms with Crippen molar-refractivity contribution in [1.29, 1.82) is 0 Å². The summed E-state index contributed by atoms with van der Waals surface area (Å²) in [6.45, 7) is 8.89. The molecule has 0 fully saturated rings. The molecule has 2 aromatic heterocycles. The molecule has 0 atom stereocenters. The molecule has 174 valence electrons. The van der Waals surface area contributed by atoms with Crippen LogP contribution in [0.4, 0.5) is 10.5 Å². The van der Waals surface area contributed by atoms with E-state index in [1.165, 1.54) is 22.5 Å². The first-order chi connectivity index (χ1) is 15.5. The summed E-state index contributed by atoms with van der Waals surface area (Å²) in [7, 11) is 3.09. The molecule has 0 unspecified atom stereocenters. The number of aromatic nitrogens is 3. The monoisotopic (exact) mass is 452 g/mol. The van der Waals surface area contributed by atoms with Crippen molar-refractivity contribution < 1.29 is 19.1 Å². The molecule has 10 heteroatoms. The first kappa shape index (κ1) is 23.7. The van der Waals surface area contributed by atoms with E-state index in [0.29, 0.717) is 27.9 Å². The van der Waals surface area contributed by atoms with E-state index in [-0.39, 0.29) is 17.3 Å². The van der Waals surface area contributed by atoms with Gasteiger partial charge < -0.3 is 15.4 Å². The van der Waals surface area contributed by atoms with Gasteiger partial charge in [-0.25, -0.2) is 18.9 Å². The van der Waals surface area contributed by atoms with Crippen LogP contribution in [-0.2, 0) is 4.74 Å². The van der Waals surface area contributed by atoms with Crippen molar-refractivity contribution in [3.63, 3.8) is 0 Å². The van der Waals surface area contributed by atoms with Gasteiger partial charge in [-0.2, -0.15) is 5.10 Å². The van der Waals surface area contributed by atoms with Crippen LogP contribution in [0, 0.1) is 13.8 Å². The fourth-order valence-electron chi connectivity index (χ4n) is 3.26. The van der Waals surface area contributed by atoms with Gasteiger partial charge in [0.25, 0.3) is 11.8 Å². The fraction of sp³-hybridized carbons (Fsp3) is 0.348. The third-order valence-electron chi connectivity index (χ3n) is 4.96. The lowest BCUT2D eigenvalue weighted by molar-refractivity contribution is 0.0527. The van der Waals surface area contributed by atoms with Crippen molar-refractivity contribution in [2.75, 3.05) is 14.1 Å². The summed E-state index contributed by atoms with van der Waals surface area (Å²) in [6.07, 6.45) is 2.21. The lowest BCUT2D eigenvalue weighted by Crippen LogP contribution is -2.35. The number of amides is 2. The second kappa shape index (κ2) is 8.89. The summed E-state index contributed by atoms with van der Waals surface area (Å²) in [5.41, 5.74) is 2.66. The molecule has 0 aliphatic rings. The molecule has 0 spiro atoms. The van der Waals surface area contributed by atoms with E-state index in [0.717, 1.165) is 5.56 Å². The predicted molar refractivity (Wildman–Crippen MR) is 123 cm³/mol. The van der Waals surface area contributed by atoms with E-state index in [2.05, 4.69) is 15.7 Å². The Balaban J connectivity index is 2.39. The Morgan fingerprint density at radius 1 is 1.06 bits per heavy atom. The number of nitrogens with zero attached hydrogens (tertiary/aromatic N) is 4. The quantitative estimate of drug-likeness (QED) is 0.633. The molecule has 2 amide bonds. The number of ether oxygens (including phenoxy) is 1. The Morgan fingerprint density at radius 2 is 1.73 bits per heavy atom. The molecule has 0 radical (unpaired) electrons. The highest BCUT2D eigenvalue weighted by Gasteiger charge is 2.22. The third-order valence-corrected chi connectivity index (χ3v) is 4.96. The first-order valence-corrected chi connectivity index (χ1v) is 10.4. The van der Waals surface area contributed by atoms with Gasteiger partial charge in [0.05, 0.1) is 11.3 Å². The zero-order valence-corrected chi connectivity index (χ0v) is 19.8. The predicted octanol–water partition coefficient (Wildman–Crippen LogP) is 2.49. The van der Waals surface area contributed by atoms with Gasteiger partial charge in [-0.3, -0.25) is 9.59 Å². The van der Waals surface area contributed by atoms with Gasteiger partial charge in [-0.1, -0.05) is 6.07 Å². The van der Waals surface area contributed by atoms with Crippen LogP contribution in [0.15, 0.2) is 35.7 Å². The van der Waals surface area contributed by atoms with Crippen molar-refractivity contribution in [3.8, 4) is 0 Å². The Morgan fingerprint density at radius 3 is 2.33 bits per heavy atom. The number of nitrogens with one attached hydrogen (secondary N) is 2. The molecule has 2 heterocycles. The van der Waals surface area contributed by atoms with Gasteiger partial charge >= 0.3 is 6.09 Å². The summed E-state index contributed by atoms with van der Waals surface area (Å²) in [5.74, 6) is -0.544. The van der Waals surface area contributed by atoms with Gasteiger partial charge in [0.15, 0.2) is 5.49 Å². The lowest BCUT2D eigenvalue weighted by atomic mass is 10.1. The molecule has 0 aliphatic heterocycles. The van der Waals surface area contributed by atoms with Crippen molar-refractivity contribution in [1.82, 2.24) is 24.8 Å². The maximum atomic E-state index is 13.0. The molecule has 0 aliphatic carbocycles. The first-order valence-electron chi connectivity index (χ1n) is 10.4. The van der Waals surface area contributed by atoms with Crippen molar-refractivity contribution in [2.45, 2.75) is 40.2 Å². The molecule has 33 heavy (non-hydrogen) atoms. The average Bonchev–Trinajstić information content (AvgIpc) is 3.09. The van der Waals surface area contributed by atoms with Gasteiger partial charge in [0.2, 0.25) is 0 Å². The highest BCUT2D eigenvalue weighted by molar-refractivity contribution is 5.97. The van der Waals surface area contributed by atoms with Crippen LogP contribution in [0.5, 0.6) is 0 Å². The van der Waals surface area contributed by atoms with E-state index in [1.807, 2.05) is 6.92 Å². The second-order valence-electron chi connectivity index (χ2n) is 8.54. The second-order valence-corrected chi connectivity index (χ2v) is 8.54. The highest BCUT2D eigenvalue weighted by atomic mass is 16.6. The molecule has 3 rings (SSSR count). The van der Waals surface area contributed by atoms with Gasteiger partial charge in [0.1, 0.15) is 17.4 Å². The van der Waals surface area contributed by atoms with E-state index >= 15 is 0 Å². The Hall–Kier alpha value is -3.95. The zero-order chi connectivity index (χ0) is 24.5. The largest absolute Gasteiger partial charge is 0.443 e. The minimum Gasteiger partial charge on any atom is -0.443 e. The number of carbonyl (C=O) groups is 3. The van der Waals surface area contributed by atoms with Crippen LogP contribution in [0.1, 0.15) is 52.6 Å². The Labute approximate surface area is 191 Å². The normalized spacial score (nSPS) is 12.0. The zero-order valence-electron chi connectivity index (χ0n) is 19.8. The van der Waals surface area contributed by atoms with Gasteiger partial charge in [-0.05, 0) is 57.9 Å². The van der Waals surface area contributed by atoms with E-state index < -0.39 is 11.7 Å². The third kappa shape index (κ3) is 4.79. The van der Waals surface area contributed by atoms with Gasteiger partial charge in [0, 0.05) is 25.9 Å². The number of hydrogen-bond acceptors (Lipinski definition) is 6. The minimum absolute atomic E-state index is 0.226. The van der Waals surface area contributed by atoms with Gasteiger partial charge in [-0.15, -0.1) is 0 Å².